The molecule has 0 aliphatic heterocycles. The van der Waals surface area contributed by atoms with Crippen molar-refractivity contribution in [3.8, 4) is 5.75 Å². The summed E-state index contributed by atoms with van der Waals surface area (Å²) in [5.74, 6) is -1.73. The van der Waals surface area contributed by atoms with Crippen molar-refractivity contribution in [1.82, 2.24) is 10.9 Å². The smallest absolute Gasteiger partial charge is 0.338 e. The first-order valence-corrected chi connectivity index (χ1v) is 8.62. The highest BCUT2D eigenvalue weighted by Gasteiger charge is 2.11. The van der Waals surface area contributed by atoms with Crippen LogP contribution in [0.4, 0.5) is 0 Å². The van der Waals surface area contributed by atoms with Crippen molar-refractivity contribution in [2.45, 2.75) is 6.92 Å². The Morgan fingerprint density at radius 1 is 0.793 bits per heavy atom. The lowest BCUT2D eigenvalue weighted by molar-refractivity contribution is -0.123. The first-order chi connectivity index (χ1) is 13.9. The summed E-state index contributed by atoms with van der Waals surface area (Å²) in [5, 5.41) is 0. The Kier molecular flexibility index (Phi) is 7.72. The van der Waals surface area contributed by atoms with Gasteiger partial charge in [0.05, 0.1) is 24.8 Å². The molecule has 0 bridgehead atoms. The molecular weight excluding hydrogens is 380 g/mol. The number of amides is 2. The van der Waals surface area contributed by atoms with E-state index in [4.69, 9.17) is 9.47 Å². The van der Waals surface area contributed by atoms with Crippen molar-refractivity contribution >= 4 is 23.8 Å². The Morgan fingerprint density at radius 2 is 1.34 bits per heavy atom. The zero-order chi connectivity index (χ0) is 21.2. The maximum Gasteiger partial charge on any atom is 0.338 e. The Balaban J connectivity index is 1.78. The first kappa shape index (κ1) is 21.4. The molecule has 9 heteroatoms. The number of nitrogens with one attached hydrogen (secondary N) is 2. The number of hydrogen-bond donors (Lipinski definition) is 2. The molecule has 9 nitrogen and oxygen atoms in total. The molecular formula is C20H20N2O7. The minimum absolute atomic E-state index is 0.244. The average Bonchev–Trinajstić information content (AvgIpc) is 2.76. The summed E-state index contributed by atoms with van der Waals surface area (Å²) in [5.41, 5.74) is 5.37. The lowest BCUT2D eigenvalue weighted by atomic mass is 10.1. The minimum atomic E-state index is -0.584. The van der Waals surface area contributed by atoms with Crippen molar-refractivity contribution < 1.29 is 33.4 Å². The highest BCUT2D eigenvalue weighted by atomic mass is 16.5. The molecule has 0 fully saturated rings. The number of carbonyl (C=O) groups excluding carboxylic acids is 4. The van der Waals surface area contributed by atoms with Gasteiger partial charge >= 0.3 is 11.9 Å². The summed E-state index contributed by atoms with van der Waals surface area (Å²) in [6, 6.07) is 11.8. The molecule has 0 heterocycles. The number of hydrazine groups is 1. The third-order valence-corrected chi connectivity index (χ3v) is 3.62. The van der Waals surface area contributed by atoms with Gasteiger partial charge in [-0.05, 0) is 55.5 Å². The molecule has 0 unspecified atom stereocenters. The Hall–Kier alpha value is -3.88. The summed E-state index contributed by atoms with van der Waals surface area (Å²) in [6.07, 6.45) is 0. The molecule has 0 spiro atoms. The summed E-state index contributed by atoms with van der Waals surface area (Å²) >= 11 is 0. The van der Waals surface area contributed by atoms with Crippen LogP contribution < -0.4 is 15.6 Å². The molecule has 2 rings (SSSR count). The van der Waals surface area contributed by atoms with E-state index < -0.39 is 23.8 Å². The number of rotatable bonds is 7. The van der Waals surface area contributed by atoms with Gasteiger partial charge in [-0.25, -0.2) is 9.59 Å². The summed E-state index contributed by atoms with van der Waals surface area (Å²) in [6.45, 7) is 1.64. The second-order valence-electron chi connectivity index (χ2n) is 5.60. The molecule has 2 aromatic rings. The molecule has 2 amide bonds. The first-order valence-electron chi connectivity index (χ1n) is 8.62. The number of ether oxygens (including phenoxy) is 3. The molecule has 0 radical (unpaired) electrons. The van der Waals surface area contributed by atoms with Crippen molar-refractivity contribution in [1.29, 1.82) is 0 Å². The maximum atomic E-state index is 12.0. The second-order valence-corrected chi connectivity index (χ2v) is 5.60. The van der Waals surface area contributed by atoms with Crippen LogP contribution in [0.5, 0.6) is 5.75 Å². The molecule has 29 heavy (non-hydrogen) atoms. The van der Waals surface area contributed by atoms with E-state index >= 15 is 0 Å². The lowest BCUT2D eigenvalue weighted by Crippen LogP contribution is -2.43. The van der Waals surface area contributed by atoms with E-state index in [2.05, 4.69) is 15.6 Å². The van der Waals surface area contributed by atoms with Gasteiger partial charge in [-0.3, -0.25) is 20.4 Å². The molecule has 2 N–H and O–H groups in total. The van der Waals surface area contributed by atoms with Crippen molar-refractivity contribution in [3.05, 3.63) is 65.2 Å². The standard InChI is InChI=1S/C20H20N2O7/c1-3-28-20(26)15-8-10-16(11-9-15)29-12-17(23)21-22-18(24)13-4-6-14(7-5-13)19(25)27-2/h4-11H,3,12H2,1-2H3,(H,21,23)(H,22,24). The topological polar surface area (TPSA) is 120 Å². The van der Waals surface area contributed by atoms with E-state index in [1.54, 1.807) is 6.92 Å². The SMILES string of the molecule is CCOC(=O)c1ccc(OCC(=O)NNC(=O)c2ccc(C(=O)OC)cc2)cc1. The van der Waals surface area contributed by atoms with Crippen LogP contribution in [0.25, 0.3) is 0 Å². The van der Waals surface area contributed by atoms with E-state index in [0.29, 0.717) is 16.9 Å². The Labute approximate surface area is 166 Å². The monoisotopic (exact) mass is 400 g/mol. The molecule has 0 aliphatic carbocycles. The van der Waals surface area contributed by atoms with Crippen LogP contribution in [0.3, 0.4) is 0 Å². The van der Waals surface area contributed by atoms with Crippen molar-refractivity contribution in [2.75, 3.05) is 20.3 Å². The zero-order valence-corrected chi connectivity index (χ0v) is 15.9. The predicted molar refractivity (Wildman–Crippen MR) is 101 cm³/mol. The fourth-order valence-corrected chi connectivity index (χ4v) is 2.16. The molecule has 2 aromatic carbocycles. The molecule has 0 aromatic heterocycles. The van der Waals surface area contributed by atoms with Gasteiger partial charge < -0.3 is 14.2 Å². The molecule has 0 aliphatic rings. The summed E-state index contributed by atoms with van der Waals surface area (Å²) in [4.78, 5) is 46.7. The van der Waals surface area contributed by atoms with Gasteiger partial charge in [0.2, 0.25) is 0 Å². The van der Waals surface area contributed by atoms with Crippen LogP contribution in [-0.2, 0) is 14.3 Å². The van der Waals surface area contributed by atoms with Crippen molar-refractivity contribution in [2.24, 2.45) is 0 Å². The molecule has 0 saturated heterocycles. The number of benzene rings is 2. The highest BCUT2D eigenvalue weighted by molar-refractivity contribution is 5.97. The average molecular weight is 400 g/mol. The van der Waals surface area contributed by atoms with Gasteiger partial charge in [-0.2, -0.15) is 0 Å². The van der Waals surface area contributed by atoms with Crippen LogP contribution in [0, 0.1) is 0 Å². The van der Waals surface area contributed by atoms with Gasteiger partial charge in [0.25, 0.3) is 11.8 Å². The fourth-order valence-electron chi connectivity index (χ4n) is 2.16. The highest BCUT2D eigenvalue weighted by Crippen LogP contribution is 2.13. The molecule has 0 saturated carbocycles. The normalized spacial score (nSPS) is 9.86. The third kappa shape index (κ3) is 6.35. The van der Waals surface area contributed by atoms with Crippen molar-refractivity contribution in [3.63, 3.8) is 0 Å². The third-order valence-electron chi connectivity index (χ3n) is 3.62. The maximum absolute atomic E-state index is 12.0. The van der Waals surface area contributed by atoms with Gasteiger partial charge in [0.1, 0.15) is 5.75 Å². The second kappa shape index (κ2) is 10.5. The lowest BCUT2D eigenvalue weighted by Gasteiger charge is -2.09. The quantitative estimate of drug-likeness (QED) is 0.534. The predicted octanol–water partition coefficient (Wildman–Crippen LogP) is 1.49. The van der Waals surface area contributed by atoms with E-state index in [-0.39, 0.29) is 18.8 Å². The largest absolute Gasteiger partial charge is 0.484 e. The number of methoxy groups -OCH3 is 1. The summed E-state index contributed by atoms with van der Waals surface area (Å²) < 4.78 is 14.7. The van der Waals surface area contributed by atoms with E-state index in [9.17, 15) is 19.2 Å². The zero-order valence-electron chi connectivity index (χ0n) is 15.9. The van der Waals surface area contributed by atoms with Crippen LogP contribution in [0.1, 0.15) is 38.0 Å². The number of carbonyl (C=O) groups is 4. The van der Waals surface area contributed by atoms with Crippen LogP contribution in [-0.4, -0.2) is 44.1 Å². The van der Waals surface area contributed by atoms with E-state index in [1.807, 2.05) is 0 Å². The fraction of sp³-hybridized carbons (Fsp3) is 0.200. The number of hydrogen-bond acceptors (Lipinski definition) is 7. The van der Waals surface area contributed by atoms with E-state index in [1.165, 1.54) is 55.6 Å². The van der Waals surface area contributed by atoms with Crippen LogP contribution in [0.15, 0.2) is 48.5 Å². The van der Waals surface area contributed by atoms with Gasteiger partial charge in [-0.15, -0.1) is 0 Å². The number of esters is 2. The van der Waals surface area contributed by atoms with Gasteiger partial charge in [0, 0.05) is 5.56 Å². The Bertz CT molecular complexity index is 877. The molecule has 0 atom stereocenters. The van der Waals surface area contributed by atoms with E-state index in [0.717, 1.165) is 0 Å². The Morgan fingerprint density at radius 3 is 1.93 bits per heavy atom. The van der Waals surface area contributed by atoms with Gasteiger partial charge in [-0.1, -0.05) is 0 Å². The minimum Gasteiger partial charge on any atom is -0.484 e. The van der Waals surface area contributed by atoms with Crippen LogP contribution in [0.2, 0.25) is 0 Å². The van der Waals surface area contributed by atoms with Gasteiger partial charge in [0.15, 0.2) is 6.61 Å². The molecule has 152 valence electrons. The van der Waals surface area contributed by atoms with Crippen LogP contribution >= 0.6 is 0 Å². The summed E-state index contributed by atoms with van der Waals surface area (Å²) in [7, 11) is 1.26.